The number of amides is 2. The summed E-state index contributed by atoms with van der Waals surface area (Å²) in [4.78, 5) is 28.9. The van der Waals surface area contributed by atoms with Crippen LogP contribution in [0, 0.1) is 5.92 Å². The molecule has 2 heterocycles. The molecular weight excluding hydrogens is 342 g/mol. The minimum atomic E-state index is -0.160. The third kappa shape index (κ3) is 4.43. The smallest absolute Gasteiger partial charge is 0.262 e. The van der Waals surface area contributed by atoms with E-state index in [2.05, 4.69) is 10.2 Å². The van der Waals surface area contributed by atoms with Crippen molar-refractivity contribution in [3.05, 3.63) is 23.8 Å². The number of carbonyl (C=O) groups excluding carboxylic acids is 2. The molecule has 1 N–H and O–H groups in total. The van der Waals surface area contributed by atoms with Gasteiger partial charge in [0.2, 0.25) is 0 Å². The summed E-state index contributed by atoms with van der Waals surface area (Å²) in [6.07, 6.45) is 7.91. The summed E-state index contributed by atoms with van der Waals surface area (Å²) in [6.45, 7) is 4.81. The number of hydrogen-bond donors (Lipinski definition) is 1. The Morgan fingerprint density at radius 2 is 1.93 bits per heavy atom. The van der Waals surface area contributed by atoms with E-state index in [1.54, 1.807) is 18.2 Å². The molecule has 27 heavy (non-hydrogen) atoms. The van der Waals surface area contributed by atoms with E-state index in [0.717, 1.165) is 38.5 Å². The van der Waals surface area contributed by atoms with Gasteiger partial charge in [0.15, 0.2) is 6.61 Å². The van der Waals surface area contributed by atoms with Gasteiger partial charge in [0.25, 0.3) is 11.8 Å². The van der Waals surface area contributed by atoms with Gasteiger partial charge in [-0.25, -0.2) is 0 Å². The molecule has 0 aromatic heterocycles. The molecule has 4 rings (SSSR count). The fourth-order valence-corrected chi connectivity index (χ4v) is 4.48. The molecule has 2 aliphatic heterocycles. The first kappa shape index (κ1) is 18.3. The summed E-state index contributed by atoms with van der Waals surface area (Å²) in [6, 6.07) is 5.29. The van der Waals surface area contributed by atoms with Crippen LogP contribution in [0.15, 0.2) is 18.2 Å². The zero-order valence-electron chi connectivity index (χ0n) is 15.9. The number of ether oxygens (including phenoxy) is 1. The maximum atomic E-state index is 13.0. The molecule has 2 fully saturated rings. The highest BCUT2D eigenvalue weighted by Crippen LogP contribution is 2.29. The number of nitrogens with zero attached hydrogens (tertiary/aromatic N) is 2. The Labute approximate surface area is 160 Å². The van der Waals surface area contributed by atoms with Gasteiger partial charge in [0, 0.05) is 31.7 Å². The fourth-order valence-electron chi connectivity index (χ4n) is 4.48. The topological polar surface area (TPSA) is 61.9 Å². The van der Waals surface area contributed by atoms with Crippen molar-refractivity contribution < 1.29 is 14.3 Å². The fraction of sp³-hybridized carbons (Fsp3) is 0.619. The summed E-state index contributed by atoms with van der Waals surface area (Å²) in [5.41, 5.74) is 1.27. The lowest BCUT2D eigenvalue weighted by Crippen LogP contribution is -2.37. The van der Waals surface area contributed by atoms with Crippen LogP contribution in [-0.2, 0) is 4.79 Å². The predicted molar refractivity (Wildman–Crippen MR) is 104 cm³/mol. The highest BCUT2D eigenvalue weighted by molar-refractivity contribution is 5.99. The van der Waals surface area contributed by atoms with E-state index in [0.29, 0.717) is 17.0 Å². The molecule has 0 unspecified atom stereocenters. The maximum absolute atomic E-state index is 13.0. The summed E-state index contributed by atoms with van der Waals surface area (Å²) in [5, 5.41) is 2.76. The average Bonchev–Trinajstić information content (AvgIpc) is 2.93. The molecule has 0 spiro atoms. The van der Waals surface area contributed by atoms with Gasteiger partial charge >= 0.3 is 0 Å². The van der Waals surface area contributed by atoms with Crippen LogP contribution in [0.2, 0.25) is 0 Å². The molecule has 1 aliphatic carbocycles. The van der Waals surface area contributed by atoms with E-state index in [1.165, 1.54) is 38.6 Å². The second kappa shape index (κ2) is 8.30. The van der Waals surface area contributed by atoms with Crippen LogP contribution in [0.3, 0.4) is 0 Å². The van der Waals surface area contributed by atoms with Gasteiger partial charge in [-0.15, -0.1) is 0 Å². The van der Waals surface area contributed by atoms with Gasteiger partial charge in [-0.3, -0.25) is 9.59 Å². The van der Waals surface area contributed by atoms with Crippen molar-refractivity contribution in [2.75, 3.05) is 44.6 Å². The van der Waals surface area contributed by atoms with E-state index in [1.807, 2.05) is 4.90 Å². The van der Waals surface area contributed by atoms with Crippen LogP contribution in [0.4, 0.5) is 5.69 Å². The van der Waals surface area contributed by atoms with Crippen LogP contribution in [0.25, 0.3) is 0 Å². The molecule has 3 aliphatic rings. The first-order chi connectivity index (χ1) is 13.2. The van der Waals surface area contributed by atoms with Gasteiger partial charge in [-0.05, 0) is 49.9 Å². The number of nitrogens with one attached hydrogen (secondary N) is 1. The Kier molecular flexibility index (Phi) is 5.62. The first-order valence-electron chi connectivity index (χ1n) is 10.3. The Bertz CT molecular complexity index is 700. The first-order valence-corrected chi connectivity index (χ1v) is 10.3. The molecule has 1 saturated carbocycles. The lowest BCUT2D eigenvalue weighted by Gasteiger charge is -2.29. The number of carbonyl (C=O) groups is 2. The third-order valence-electron chi connectivity index (χ3n) is 5.98. The lowest BCUT2D eigenvalue weighted by molar-refractivity contribution is -0.118. The van der Waals surface area contributed by atoms with Gasteiger partial charge in [-0.1, -0.05) is 19.3 Å². The molecule has 2 amide bonds. The van der Waals surface area contributed by atoms with Gasteiger partial charge in [0.1, 0.15) is 5.75 Å². The van der Waals surface area contributed by atoms with Crippen LogP contribution >= 0.6 is 0 Å². The van der Waals surface area contributed by atoms with Crippen molar-refractivity contribution in [1.29, 1.82) is 0 Å². The molecule has 1 aromatic carbocycles. The second-order valence-corrected chi connectivity index (χ2v) is 8.00. The summed E-state index contributed by atoms with van der Waals surface area (Å²) >= 11 is 0. The van der Waals surface area contributed by atoms with Gasteiger partial charge in [-0.2, -0.15) is 0 Å². The molecule has 1 saturated heterocycles. The monoisotopic (exact) mass is 371 g/mol. The Morgan fingerprint density at radius 1 is 1.07 bits per heavy atom. The highest BCUT2D eigenvalue weighted by atomic mass is 16.5. The summed E-state index contributed by atoms with van der Waals surface area (Å²) in [5.74, 6) is 1.31. The maximum Gasteiger partial charge on any atom is 0.262 e. The van der Waals surface area contributed by atoms with E-state index in [4.69, 9.17) is 4.74 Å². The number of hydrogen-bond acceptors (Lipinski definition) is 4. The van der Waals surface area contributed by atoms with E-state index in [9.17, 15) is 9.59 Å². The van der Waals surface area contributed by atoms with E-state index in [-0.39, 0.29) is 18.4 Å². The SMILES string of the molecule is O=C1COc2cc(C(=O)N3CCCN(CC4CCCCC4)CC3)ccc2N1. The standard InChI is InChI=1S/C21H29N3O3/c25-20-15-27-19-13-17(7-8-18(19)22-20)21(26)24-10-4-9-23(11-12-24)14-16-5-2-1-3-6-16/h7-8,13,16H,1-6,9-12,14-15H2,(H,22,25). The van der Waals surface area contributed by atoms with Crippen LogP contribution < -0.4 is 10.1 Å². The normalized spacial score (nSPS) is 21.8. The molecule has 0 bridgehead atoms. The molecule has 6 heteroatoms. The second-order valence-electron chi connectivity index (χ2n) is 8.00. The largest absolute Gasteiger partial charge is 0.482 e. The molecule has 6 nitrogen and oxygen atoms in total. The minimum absolute atomic E-state index is 0.00445. The number of fused-ring (bicyclic) bond motifs is 1. The highest BCUT2D eigenvalue weighted by Gasteiger charge is 2.24. The Morgan fingerprint density at radius 3 is 2.78 bits per heavy atom. The molecular formula is C21H29N3O3. The van der Waals surface area contributed by atoms with Crippen molar-refractivity contribution in [1.82, 2.24) is 9.80 Å². The summed E-state index contributed by atoms with van der Waals surface area (Å²) in [7, 11) is 0. The van der Waals surface area contributed by atoms with Crippen molar-refractivity contribution >= 4 is 17.5 Å². The number of benzene rings is 1. The van der Waals surface area contributed by atoms with Crippen molar-refractivity contribution in [2.45, 2.75) is 38.5 Å². The quantitative estimate of drug-likeness (QED) is 0.887. The van der Waals surface area contributed by atoms with Crippen molar-refractivity contribution in [3.63, 3.8) is 0 Å². The van der Waals surface area contributed by atoms with Gasteiger partial charge < -0.3 is 19.9 Å². The van der Waals surface area contributed by atoms with E-state index < -0.39 is 0 Å². The Balaban J connectivity index is 1.36. The third-order valence-corrected chi connectivity index (χ3v) is 5.98. The van der Waals surface area contributed by atoms with Crippen LogP contribution in [-0.4, -0.2) is 60.9 Å². The van der Waals surface area contributed by atoms with Crippen LogP contribution in [0.1, 0.15) is 48.9 Å². The molecule has 0 atom stereocenters. The van der Waals surface area contributed by atoms with Gasteiger partial charge in [0.05, 0.1) is 5.69 Å². The minimum Gasteiger partial charge on any atom is -0.482 e. The van der Waals surface area contributed by atoms with Crippen molar-refractivity contribution in [2.24, 2.45) is 5.92 Å². The van der Waals surface area contributed by atoms with Crippen molar-refractivity contribution in [3.8, 4) is 5.75 Å². The summed E-state index contributed by atoms with van der Waals surface area (Å²) < 4.78 is 5.45. The number of rotatable bonds is 3. The van der Waals surface area contributed by atoms with Crippen LogP contribution in [0.5, 0.6) is 5.75 Å². The molecule has 0 radical (unpaired) electrons. The predicted octanol–water partition coefficient (Wildman–Crippen LogP) is 2.75. The number of anilines is 1. The average molecular weight is 371 g/mol. The van der Waals surface area contributed by atoms with E-state index >= 15 is 0 Å². The zero-order chi connectivity index (χ0) is 18.6. The molecule has 146 valence electrons. The lowest BCUT2D eigenvalue weighted by atomic mass is 9.89. The zero-order valence-corrected chi connectivity index (χ0v) is 15.9. The Hall–Kier alpha value is -2.08. The molecule has 1 aromatic rings.